The maximum absolute atomic E-state index is 12.6. The summed E-state index contributed by atoms with van der Waals surface area (Å²) in [5, 5.41) is 11.9. The lowest BCUT2D eigenvalue weighted by Gasteiger charge is -2.20. The van der Waals surface area contributed by atoms with Crippen molar-refractivity contribution in [1.82, 2.24) is 25.1 Å². The van der Waals surface area contributed by atoms with E-state index in [4.69, 9.17) is 0 Å². The van der Waals surface area contributed by atoms with Crippen molar-refractivity contribution in [3.05, 3.63) is 59.3 Å². The van der Waals surface area contributed by atoms with Crippen LogP contribution in [-0.2, 0) is 11.3 Å². The molecule has 0 spiro atoms. The Labute approximate surface area is 164 Å². The van der Waals surface area contributed by atoms with Crippen LogP contribution < -0.4 is 0 Å². The molecule has 8 heteroatoms. The highest BCUT2D eigenvalue weighted by Gasteiger charge is 2.15. The minimum absolute atomic E-state index is 0.0219. The fraction of sp³-hybridized carbons (Fsp3) is 0.158. The lowest BCUT2D eigenvalue weighted by Crippen LogP contribution is -2.31. The summed E-state index contributed by atoms with van der Waals surface area (Å²) in [4.78, 5) is 23.3. The molecule has 0 bridgehead atoms. The van der Waals surface area contributed by atoms with E-state index in [0.29, 0.717) is 23.9 Å². The number of carbonyl (C=O) groups excluding carboxylic acids is 1. The van der Waals surface area contributed by atoms with Gasteiger partial charge in [-0.1, -0.05) is 42.1 Å². The van der Waals surface area contributed by atoms with Gasteiger partial charge in [0.25, 0.3) is 0 Å². The van der Waals surface area contributed by atoms with Crippen molar-refractivity contribution < 1.29 is 4.79 Å². The van der Waals surface area contributed by atoms with Gasteiger partial charge in [-0.25, -0.2) is 4.98 Å². The fourth-order valence-electron chi connectivity index (χ4n) is 2.79. The van der Waals surface area contributed by atoms with E-state index in [0.717, 1.165) is 21.3 Å². The van der Waals surface area contributed by atoms with Crippen LogP contribution in [0.1, 0.15) is 4.88 Å². The van der Waals surface area contributed by atoms with Gasteiger partial charge in [-0.05, 0) is 17.5 Å². The number of thioether (sulfide) groups is 1. The first kappa shape index (κ1) is 17.7. The summed E-state index contributed by atoms with van der Waals surface area (Å²) in [5.74, 6) is 0.278. The monoisotopic (exact) mass is 395 g/mol. The van der Waals surface area contributed by atoms with Crippen LogP contribution in [0.4, 0.5) is 0 Å². The average molecular weight is 396 g/mol. The minimum Gasteiger partial charge on any atom is -0.338 e. The smallest absolute Gasteiger partial charge is 0.233 e. The second-order valence-corrected chi connectivity index (χ2v) is 7.87. The highest BCUT2D eigenvalue weighted by Crippen LogP contribution is 2.23. The standard InChI is InChI=1S/C19H17N5OS2/c1-2-9-24(11-13-6-5-10-26-13)16(25)12-27-19-21-18-17(22-23-19)14-7-3-4-8-15(14)20-18/h2-8,10H,1,9,11-12H2,(H,20,21,23). The molecule has 4 aromatic rings. The molecule has 0 aliphatic carbocycles. The quantitative estimate of drug-likeness (QED) is 0.380. The molecule has 0 radical (unpaired) electrons. The number of thiophene rings is 1. The zero-order chi connectivity index (χ0) is 18.6. The van der Waals surface area contributed by atoms with Crippen molar-refractivity contribution in [2.45, 2.75) is 11.7 Å². The van der Waals surface area contributed by atoms with E-state index in [9.17, 15) is 4.79 Å². The van der Waals surface area contributed by atoms with Crippen LogP contribution in [0.15, 0.2) is 59.6 Å². The molecule has 6 nitrogen and oxygen atoms in total. The van der Waals surface area contributed by atoms with Crippen LogP contribution in [0, 0.1) is 0 Å². The molecule has 3 heterocycles. The van der Waals surface area contributed by atoms with Crippen LogP contribution in [0.25, 0.3) is 22.1 Å². The van der Waals surface area contributed by atoms with Crippen LogP contribution in [0.2, 0.25) is 0 Å². The van der Waals surface area contributed by atoms with Crippen LogP contribution >= 0.6 is 23.1 Å². The average Bonchev–Trinajstić information content (AvgIpc) is 3.32. The molecule has 4 rings (SSSR count). The van der Waals surface area contributed by atoms with Crippen molar-refractivity contribution in [3.8, 4) is 0 Å². The Morgan fingerprint density at radius 1 is 1.26 bits per heavy atom. The molecule has 0 atom stereocenters. The summed E-state index contributed by atoms with van der Waals surface area (Å²) in [6.07, 6.45) is 1.74. The van der Waals surface area contributed by atoms with Gasteiger partial charge in [-0.15, -0.1) is 28.1 Å². The largest absolute Gasteiger partial charge is 0.338 e. The zero-order valence-electron chi connectivity index (χ0n) is 14.5. The molecule has 27 heavy (non-hydrogen) atoms. The molecule has 1 N–H and O–H groups in total. The van der Waals surface area contributed by atoms with E-state index in [1.165, 1.54) is 11.8 Å². The van der Waals surface area contributed by atoms with Crippen molar-refractivity contribution in [2.75, 3.05) is 12.3 Å². The number of fused-ring (bicyclic) bond motifs is 3. The van der Waals surface area contributed by atoms with Crippen LogP contribution in [0.3, 0.4) is 0 Å². The number of aromatic nitrogens is 4. The van der Waals surface area contributed by atoms with Gasteiger partial charge in [-0.2, -0.15) is 0 Å². The highest BCUT2D eigenvalue weighted by atomic mass is 32.2. The molecule has 1 aromatic carbocycles. The first-order valence-electron chi connectivity index (χ1n) is 8.39. The Morgan fingerprint density at radius 2 is 2.15 bits per heavy atom. The molecule has 3 aromatic heterocycles. The predicted octanol–water partition coefficient (Wildman–Crippen LogP) is 3.87. The summed E-state index contributed by atoms with van der Waals surface area (Å²) >= 11 is 2.93. The molecule has 136 valence electrons. The molecule has 0 fully saturated rings. The number of rotatable bonds is 7. The first-order chi connectivity index (χ1) is 13.2. The van der Waals surface area contributed by atoms with Crippen LogP contribution in [0.5, 0.6) is 0 Å². The molecule has 0 aliphatic heterocycles. The topological polar surface area (TPSA) is 74.8 Å². The summed E-state index contributed by atoms with van der Waals surface area (Å²) in [5.41, 5.74) is 2.40. The molecule has 0 aliphatic rings. The summed E-state index contributed by atoms with van der Waals surface area (Å²) < 4.78 is 0. The predicted molar refractivity (Wildman–Crippen MR) is 110 cm³/mol. The summed E-state index contributed by atoms with van der Waals surface area (Å²) in [6.45, 7) is 4.85. The van der Waals surface area contributed by atoms with Gasteiger partial charge in [0.2, 0.25) is 11.1 Å². The number of para-hydroxylation sites is 1. The number of carbonyl (C=O) groups is 1. The molecule has 0 saturated carbocycles. The first-order valence-corrected chi connectivity index (χ1v) is 10.3. The van der Waals surface area contributed by atoms with E-state index in [-0.39, 0.29) is 11.7 Å². The van der Waals surface area contributed by atoms with E-state index >= 15 is 0 Å². The number of hydrogen-bond donors (Lipinski definition) is 1. The van der Waals surface area contributed by atoms with E-state index in [2.05, 4.69) is 26.7 Å². The third kappa shape index (κ3) is 3.86. The minimum atomic E-state index is 0.0219. The number of nitrogens with one attached hydrogen (secondary N) is 1. The van der Waals surface area contributed by atoms with Gasteiger partial charge >= 0.3 is 0 Å². The van der Waals surface area contributed by atoms with Gasteiger partial charge in [0.15, 0.2) is 5.65 Å². The zero-order valence-corrected chi connectivity index (χ0v) is 16.1. The SMILES string of the molecule is C=CCN(Cc1cccs1)C(=O)CSc1nnc2c(n1)[nH]c1ccccc12. The van der Waals surface area contributed by atoms with Crippen molar-refractivity contribution in [3.63, 3.8) is 0 Å². The van der Waals surface area contributed by atoms with Gasteiger partial charge < -0.3 is 9.88 Å². The highest BCUT2D eigenvalue weighted by molar-refractivity contribution is 7.99. The number of hydrogen-bond acceptors (Lipinski definition) is 6. The lowest BCUT2D eigenvalue weighted by molar-refractivity contribution is -0.128. The Morgan fingerprint density at radius 3 is 2.96 bits per heavy atom. The number of amides is 1. The third-order valence-corrected chi connectivity index (χ3v) is 5.74. The summed E-state index contributed by atoms with van der Waals surface area (Å²) in [6, 6.07) is 11.9. The number of benzene rings is 1. The Kier molecular flexibility index (Phi) is 5.17. The van der Waals surface area contributed by atoms with E-state index < -0.39 is 0 Å². The second kappa shape index (κ2) is 7.89. The molecule has 0 unspecified atom stereocenters. The maximum atomic E-state index is 12.6. The molecule has 0 saturated heterocycles. The Balaban J connectivity index is 1.47. The third-order valence-electron chi connectivity index (χ3n) is 4.06. The normalized spacial score (nSPS) is 11.1. The fourth-order valence-corrected chi connectivity index (χ4v) is 4.19. The van der Waals surface area contributed by atoms with Gasteiger partial charge in [0.05, 0.1) is 12.3 Å². The van der Waals surface area contributed by atoms with E-state index in [1.807, 2.05) is 41.8 Å². The molecular formula is C19H17N5OS2. The number of aromatic amines is 1. The number of H-pyrrole nitrogens is 1. The Hall–Kier alpha value is -2.71. The van der Waals surface area contributed by atoms with Crippen LogP contribution in [-0.4, -0.2) is 43.3 Å². The number of nitrogens with zero attached hydrogens (tertiary/aromatic N) is 4. The van der Waals surface area contributed by atoms with Crippen molar-refractivity contribution >= 4 is 51.1 Å². The lowest BCUT2D eigenvalue weighted by atomic mass is 10.2. The molecule has 1 amide bonds. The van der Waals surface area contributed by atoms with Gasteiger partial charge in [0, 0.05) is 22.3 Å². The van der Waals surface area contributed by atoms with Crippen molar-refractivity contribution in [1.29, 1.82) is 0 Å². The van der Waals surface area contributed by atoms with E-state index in [1.54, 1.807) is 22.3 Å². The van der Waals surface area contributed by atoms with Gasteiger partial charge in [0.1, 0.15) is 5.52 Å². The van der Waals surface area contributed by atoms with Crippen molar-refractivity contribution in [2.24, 2.45) is 0 Å². The summed E-state index contributed by atoms with van der Waals surface area (Å²) in [7, 11) is 0. The second-order valence-electron chi connectivity index (χ2n) is 5.89. The van der Waals surface area contributed by atoms with Gasteiger partial charge in [-0.3, -0.25) is 4.79 Å². The molecular weight excluding hydrogens is 378 g/mol. The Bertz CT molecular complexity index is 1090. The maximum Gasteiger partial charge on any atom is 0.233 e.